The van der Waals surface area contributed by atoms with Crippen LogP contribution in [0.4, 0.5) is 17.1 Å². The van der Waals surface area contributed by atoms with Crippen molar-refractivity contribution in [3.63, 3.8) is 0 Å². The first-order chi connectivity index (χ1) is 37.2. The molecule has 2 heteroatoms. The molecule has 0 bridgehead atoms. The summed E-state index contributed by atoms with van der Waals surface area (Å²) in [6, 6.07) is 112. The Morgan fingerprint density at radius 1 is 0.280 bits per heavy atom. The maximum Gasteiger partial charge on any atom is 0.0714 e. The Hall–Kier alpha value is -9.76. The maximum atomic E-state index is 2.52. The van der Waals surface area contributed by atoms with Crippen LogP contribution in [0.25, 0.3) is 83.1 Å². The topological polar surface area (TPSA) is 8.17 Å². The Labute approximate surface area is 438 Å². The van der Waals surface area contributed by atoms with E-state index in [0.29, 0.717) is 0 Å². The lowest BCUT2D eigenvalue weighted by molar-refractivity contribution is 0.768. The Balaban J connectivity index is 1.05. The highest BCUT2D eigenvalue weighted by Crippen LogP contribution is 2.58. The molecule has 1 aliphatic rings. The van der Waals surface area contributed by atoms with Crippen LogP contribution in [0.5, 0.6) is 0 Å². The van der Waals surface area contributed by atoms with Crippen LogP contribution in [0.3, 0.4) is 0 Å². The lowest BCUT2D eigenvalue weighted by atomic mass is 9.67. The average Bonchev–Trinajstić information content (AvgIpc) is 4.01. The molecule has 1 heterocycles. The van der Waals surface area contributed by atoms with Gasteiger partial charge in [0.2, 0.25) is 0 Å². The molecule has 2 nitrogen and oxygen atoms in total. The first-order valence-electron chi connectivity index (χ1n) is 25.9. The predicted octanol–water partition coefficient (Wildman–Crippen LogP) is 19.3. The molecule has 0 radical (unpaired) electrons. The Bertz CT molecular complexity index is 4180. The maximum absolute atomic E-state index is 2.52. The Morgan fingerprint density at radius 3 is 1.51 bits per heavy atom. The number of hydrogen-bond acceptors (Lipinski definition) is 1. The summed E-state index contributed by atoms with van der Waals surface area (Å²) in [5.41, 5.74) is 23.0. The van der Waals surface area contributed by atoms with Crippen LogP contribution in [-0.2, 0) is 5.41 Å². The third kappa shape index (κ3) is 7.25. The zero-order valence-corrected chi connectivity index (χ0v) is 41.3. The van der Waals surface area contributed by atoms with Gasteiger partial charge in [0, 0.05) is 33.4 Å². The number of hydrogen-bond donors (Lipinski definition) is 0. The summed E-state index contributed by atoms with van der Waals surface area (Å²) < 4.78 is 2.39. The molecule has 0 fully saturated rings. The second-order valence-corrected chi connectivity index (χ2v) is 19.5. The molecule has 1 aliphatic carbocycles. The molecule has 0 N–H and O–H groups in total. The summed E-state index contributed by atoms with van der Waals surface area (Å²) in [5.74, 6) is 0. The minimum Gasteiger partial charge on any atom is -0.310 e. The molecule has 75 heavy (non-hydrogen) atoms. The van der Waals surface area contributed by atoms with Gasteiger partial charge in [0.1, 0.15) is 0 Å². The molecule has 0 amide bonds. The van der Waals surface area contributed by atoms with Crippen molar-refractivity contribution < 1.29 is 0 Å². The summed E-state index contributed by atoms with van der Waals surface area (Å²) in [6.45, 7) is 0. The largest absolute Gasteiger partial charge is 0.310 e. The van der Waals surface area contributed by atoms with E-state index in [-0.39, 0.29) is 0 Å². The van der Waals surface area contributed by atoms with Gasteiger partial charge < -0.3 is 9.47 Å². The van der Waals surface area contributed by atoms with Crippen molar-refractivity contribution in [2.45, 2.75) is 5.41 Å². The van der Waals surface area contributed by atoms with E-state index in [4.69, 9.17) is 0 Å². The van der Waals surface area contributed by atoms with Crippen molar-refractivity contribution in [1.82, 2.24) is 4.57 Å². The van der Waals surface area contributed by atoms with Gasteiger partial charge in [-0.25, -0.2) is 0 Å². The van der Waals surface area contributed by atoms with Gasteiger partial charge in [-0.2, -0.15) is 0 Å². The van der Waals surface area contributed by atoms with Gasteiger partial charge in [0.25, 0.3) is 0 Å². The quantitative estimate of drug-likeness (QED) is 0.133. The normalized spacial score (nSPS) is 12.4. The van der Waals surface area contributed by atoms with Crippen LogP contribution in [0.15, 0.2) is 303 Å². The third-order valence-electron chi connectivity index (χ3n) is 15.5. The molecule has 1 aromatic heterocycles. The fraction of sp³-hybridized carbons (Fsp3) is 0.0137. The molecule has 13 aromatic rings. The summed E-state index contributed by atoms with van der Waals surface area (Å²) in [7, 11) is 0. The number of fused-ring (bicyclic) bond motifs is 6. The van der Waals surface area contributed by atoms with E-state index in [2.05, 4.69) is 313 Å². The molecule has 0 saturated carbocycles. The van der Waals surface area contributed by atoms with E-state index in [1.165, 1.54) is 66.3 Å². The summed E-state index contributed by atoms with van der Waals surface area (Å²) in [5, 5.41) is 2.45. The summed E-state index contributed by atoms with van der Waals surface area (Å²) in [6.07, 6.45) is 0. The standard InChI is InChI=1S/C73H50N2/c1-6-24-51(25-7-1)60-36-16-17-39-65(60)72-61(52-26-8-2-9-27-52)40-23-43-71(72)74(58-35-22-28-53(48-58)54-44-47-70-66(49-54)64-38-19-21-42-69(64)75(70)57-33-14-5-15-34-57)59-45-46-63-62-37-18-20-41-67(62)73(68(63)50-59,55-29-10-3-11-30-55)56-31-12-4-13-32-56/h1-50H. The molecule has 12 aromatic carbocycles. The van der Waals surface area contributed by atoms with Gasteiger partial charge >= 0.3 is 0 Å². The van der Waals surface area contributed by atoms with Gasteiger partial charge in [0.05, 0.1) is 22.1 Å². The van der Waals surface area contributed by atoms with Crippen LogP contribution >= 0.6 is 0 Å². The number of para-hydroxylation sites is 2. The van der Waals surface area contributed by atoms with Crippen LogP contribution in [-0.4, -0.2) is 4.57 Å². The van der Waals surface area contributed by atoms with Gasteiger partial charge in [-0.1, -0.05) is 243 Å². The van der Waals surface area contributed by atoms with Crippen LogP contribution in [0.2, 0.25) is 0 Å². The fourth-order valence-electron chi connectivity index (χ4n) is 12.3. The molecular formula is C73H50N2. The van der Waals surface area contributed by atoms with E-state index >= 15 is 0 Å². The minimum atomic E-state index is -0.582. The van der Waals surface area contributed by atoms with Crippen molar-refractivity contribution in [2.24, 2.45) is 0 Å². The van der Waals surface area contributed by atoms with E-state index in [9.17, 15) is 0 Å². The van der Waals surface area contributed by atoms with Crippen molar-refractivity contribution in [3.8, 4) is 61.3 Å². The van der Waals surface area contributed by atoms with Crippen molar-refractivity contribution in [1.29, 1.82) is 0 Å². The smallest absolute Gasteiger partial charge is 0.0714 e. The number of anilines is 3. The predicted molar refractivity (Wildman–Crippen MR) is 315 cm³/mol. The number of nitrogens with zero attached hydrogens (tertiary/aromatic N) is 2. The van der Waals surface area contributed by atoms with Gasteiger partial charge in [-0.05, 0) is 133 Å². The number of rotatable bonds is 10. The lowest BCUT2D eigenvalue weighted by Gasteiger charge is -2.35. The lowest BCUT2D eigenvalue weighted by Crippen LogP contribution is -2.28. The Kier molecular flexibility index (Phi) is 10.8. The highest BCUT2D eigenvalue weighted by molar-refractivity contribution is 6.11. The van der Waals surface area contributed by atoms with Gasteiger partial charge in [-0.15, -0.1) is 0 Å². The summed E-state index contributed by atoms with van der Waals surface area (Å²) >= 11 is 0. The van der Waals surface area contributed by atoms with Crippen LogP contribution < -0.4 is 4.90 Å². The number of benzene rings is 12. The first-order valence-corrected chi connectivity index (χ1v) is 25.9. The zero-order chi connectivity index (χ0) is 49.7. The molecule has 14 rings (SSSR count). The molecular weight excluding hydrogens is 905 g/mol. The molecule has 0 unspecified atom stereocenters. The average molecular weight is 955 g/mol. The third-order valence-corrected chi connectivity index (χ3v) is 15.5. The summed E-state index contributed by atoms with van der Waals surface area (Å²) in [4.78, 5) is 2.52. The van der Waals surface area contributed by atoms with E-state index in [1.54, 1.807) is 0 Å². The van der Waals surface area contributed by atoms with E-state index in [1.807, 2.05) is 0 Å². The van der Waals surface area contributed by atoms with Gasteiger partial charge in [-0.3, -0.25) is 0 Å². The molecule has 0 saturated heterocycles. The fourth-order valence-corrected chi connectivity index (χ4v) is 12.3. The monoisotopic (exact) mass is 954 g/mol. The van der Waals surface area contributed by atoms with Crippen molar-refractivity contribution in [2.75, 3.05) is 4.90 Å². The van der Waals surface area contributed by atoms with Crippen molar-refractivity contribution >= 4 is 38.9 Å². The van der Waals surface area contributed by atoms with Crippen LogP contribution in [0, 0.1) is 0 Å². The highest BCUT2D eigenvalue weighted by Gasteiger charge is 2.46. The number of aromatic nitrogens is 1. The van der Waals surface area contributed by atoms with E-state index in [0.717, 1.165) is 56.1 Å². The molecule has 0 spiro atoms. The molecule has 0 atom stereocenters. The highest BCUT2D eigenvalue weighted by atomic mass is 15.1. The second kappa shape index (κ2) is 18.4. The van der Waals surface area contributed by atoms with Gasteiger partial charge in [0.15, 0.2) is 0 Å². The van der Waals surface area contributed by atoms with Crippen LogP contribution in [0.1, 0.15) is 22.3 Å². The second-order valence-electron chi connectivity index (χ2n) is 19.5. The minimum absolute atomic E-state index is 0.582. The molecule has 352 valence electrons. The zero-order valence-electron chi connectivity index (χ0n) is 41.3. The Morgan fingerprint density at radius 2 is 0.787 bits per heavy atom. The SMILES string of the molecule is c1ccc(-c2ccccc2-c2c(-c3ccccc3)cccc2N(c2cccc(-c3ccc4c(c3)c3ccccc3n4-c3ccccc3)c2)c2ccc3c(c2)C(c2ccccc2)(c2ccccc2)c2ccccc2-3)cc1. The van der Waals surface area contributed by atoms with E-state index < -0.39 is 5.41 Å². The first kappa shape index (κ1) is 44.0. The molecule has 0 aliphatic heterocycles. The van der Waals surface area contributed by atoms with Crippen molar-refractivity contribution in [3.05, 3.63) is 326 Å².